The Labute approximate surface area is 181 Å². The van der Waals surface area contributed by atoms with E-state index in [1.54, 1.807) is 12.3 Å². The van der Waals surface area contributed by atoms with E-state index in [0.717, 1.165) is 29.3 Å². The monoisotopic (exact) mass is 428 g/mol. The minimum atomic E-state index is -0.224. The molecule has 0 radical (unpaired) electrons. The number of hydrogen-bond donors (Lipinski definition) is 2. The fourth-order valence-electron chi connectivity index (χ4n) is 3.44. The molecule has 3 rings (SSSR count). The molecule has 1 saturated heterocycles. The number of ether oxygens (including phenoxy) is 1. The highest BCUT2D eigenvalue weighted by Crippen LogP contribution is 2.23. The van der Waals surface area contributed by atoms with Crippen molar-refractivity contribution in [1.29, 1.82) is 0 Å². The Morgan fingerprint density at radius 2 is 1.93 bits per heavy atom. The molecule has 1 aromatic heterocycles. The van der Waals surface area contributed by atoms with Gasteiger partial charge in [-0.3, -0.25) is 4.79 Å². The highest BCUT2D eigenvalue weighted by molar-refractivity contribution is 7.98. The van der Waals surface area contributed by atoms with Crippen LogP contribution in [0, 0.1) is 5.92 Å². The van der Waals surface area contributed by atoms with Crippen LogP contribution in [0.1, 0.15) is 30.1 Å². The molecule has 1 aromatic carbocycles. The number of carbonyl (C=O) groups is 2. The molecule has 2 N–H and O–H groups in total. The lowest BCUT2D eigenvalue weighted by Crippen LogP contribution is -2.42. The van der Waals surface area contributed by atoms with Crippen LogP contribution in [0.4, 0.5) is 10.5 Å². The molecule has 1 fully saturated rings. The third kappa shape index (κ3) is 5.89. The molecule has 2 aromatic rings. The first kappa shape index (κ1) is 22.0. The highest BCUT2D eigenvalue weighted by Gasteiger charge is 2.25. The molecule has 7 nitrogen and oxygen atoms in total. The standard InChI is InChI=1S/C22H28N4O3S/c1-3-29-18-8-6-17(7-9-18)25-22(28)24-15-16-10-13-26(14-11-16)21(27)19-5-4-12-23-20(19)30-2/h4-9,12,16H,3,10-11,13-15H2,1-2H3,(H2,24,25,28). The SMILES string of the molecule is CCOc1ccc(NC(=O)NCC2CCN(C(=O)c3cccnc3SC)CC2)cc1. The summed E-state index contributed by atoms with van der Waals surface area (Å²) in [6.45, 7) is 4.51. The van der Waals surface area contributed by atoms with E-state index < -0.39 is 0 Å². The smallest absolute Gasteiger partial charge is 0.319 e. The third-order valence-corrected chi connectivity index (χ3v) is 5.78. The Hall–Kier alpha value is -2.74. The number of amides is 3. The summed E-state index contributed by atoms with van der Waals surface area (Å²) in [5.41, 5.74) is 1.38. The van der Waals surface area contributed by atoms with Gasteiger partial charge in [0.1, 0.15) is 10.8 Å². The van der Waals surface area contributed by atoms with Gasteiger partial charge in [-0.2, -0.15) is 0 Å². The van der Waals surface area contributed by atoms with Crippen LogP contribution in [0.25, 0.3) is 0 Å². The predicted octanol–water partition coefficient (Wildman–Crippen LogP) is 3.88. The van der Waals surface area contributed by atoms with Gasteiger partial charge in [0, 0.05) is 31.5 Å². The normalized spacial score (nSPS) is 14.3. The van der Waals surface area contributed by atoms with Gasteiger partial charge in [-0.05, 0) is 68.3 Å². The van der Waals surface area contributed by atoms with Crippen molar-refractivity contribution in [3.63, 3.8) is 0 Å². The number of nitrogens with one attached hydrogen (secondary N) is 2. The quantitative estimate of drug-likeness (QED) is 0.654. The molecule has 30 heavy (non-hydrogen) atoms. The molecule has 0 bridgehead atoms. The van der Waals surface area contributed by atoms with E-state index in [9.17, 15) is 9.59 Å². The van der Waals surface area contributed by atoms with Crippen LogP contribution in [0.5, 0.6) is 5.75 Å². The average Bonchev–Trinajstić information content (AvgIpc) is 2.79. The number of rotatable bonds is 7. The Bertz CT molecular complexity index is 852. The zero-order chi connectivity index (χ0) is 21.3. The summed E-state index contributed by atoms with van der Waals surface area (Å²) < 4.78 is 5.40. The molecular formula is C22H28N4O3S. The molecule has 0 aliphatic carbocycles. The van der Waals surface area contributed by atoms with Gasteiger partial charge in [-0.15, -0.1) is 11.8 Å². The summed E-state index contributed by atoms with van der Waals surface area (Å²) >= 11 is 1.48. The molecule has 1 aliphatic rings. The number of benzene rings is 1. The number of urea groups is 1. The largest absolute Gasteiger partial charge is 0.494 e. The molecule has 3 amide bonds. The second-order valence-electron chi connectivity index (χ2n) is 7.09. The topological polar surface area (TPSA) is 83.6 Å². The van der Waals surface area contributed by atoms with Crippen LogP contribution < -0.4 is 15.4 Å². The van der Waals surface area contributed by atoms with Gasteiger partial charge in [0.25, 0.3) is 5.91 Å². The van der Waals surface area contributed by atoms with Gasteiger partial charge in [0.15, 0.2) is 0 Å². The molecule has 0 unspecified atom stereocenters. The summed E-state index contributed by atoms with van der Waals surface area (Å²) in [4.78, 5) is 31.1. The van der Waals surface area contributed by atoms with E-state index in [4.69, 9.17) is 4.74 Å². The van der Waals surface area contributed by atoms with Crippen molar-refractivity contribution in [1.82, 2.24) is 15.2 Å². The minimum Gasteiger partial charge on any atom is -0.494 e. The molecular weight excluding hydrogens is 400 g/mol. The van der Waals surface area contributed by atoms with Gasteiger partial charge in [0.05, 0.1) is 12.2 Å². The van der Waals surface area contributed by atoms with Crippen molar-refractivity contribution in [3.05, 3.63) is 48.2 Å². The van der Waals surface area contributed by atoms with Gasteiger partial charge < -0.3 is 20.3 Å². The first-order chi connectivity index (χ1) is 14.6. The molecule has 0 spiro atoms. The van der Waals surface area contributed by atoms with Gasteiger partial charge in [-0.25, -0.2) is 9.78 Å². The van der Waals surface area contributed by atoms with Crippen LogP contribution in [0.2, 0.25) is 0 Å². The predicted molar refractivity (Wildman–Crippen MR) is 119 cm³/mol. The maximum atomic E-state index is 12.8. The first-order valence-corrected chi connectivity index (χ1v) is 11.4. The van der Waals surface area contributed by atoms with Crippen LogP contribution in [0.3, 0.4) is 0 Å². The highest BCUT2D eigenvalue weighted by atomic mass is 32.2. The molecule has 1 aliphatic heterocycles. The van der Waals surface area contributed by atoms with Crippen molar-refractivity contribution in [2.45, 2.75) is 24.8 Å². The number of aromatic nitrogens is 1. The summed E-state index contributed by atoms with van der Waals surface area (Å²) in [6.07, 6.45) is 5.36. The Kier molecular flexibility index (Phi) is 7.96. The van der Waals surface area contributed by atoms with Gasteiger partial charge in [0.2, 0.25) is 0 Å². The summed E-state index contributed by atoms with van der Waals surface area (Å²) in [6, 6.07) is 10.7. The van der Waals surface area contributed by atoms with Crippen molar-refractivity contribution >= 4 is 29.4 Å². The Morgan fingerprint density at radius 3 is 2.60 bits per heavy atom. The van der Waals surface area contributed by atoms with E-state index >= 15 is 0 Å². The molecule has 0 atom stereocenters. The van der Waals surface area contributed by atoms with E-state index in [1.807, 2.05) is 48.4 Å². The van der Waals surface area contributed by atoms with Crippen molar-refractivity contribution < 1.29 is 14.3 Å². The summed E-state index contributed by atoms with van der Waals surface area (Å²) in [5, 5.41) is 6.53. The number of anilines is 1. The van der Waals surface area contributed by atoms with Crippen LogP contribution in [0.15, 0.2) is 47.6 Å². The Balaban J connectivity index is 1.42. The molecule has 8 heteroatoms. The fourth-order valence-corrected chi connectivity index (χ4v) is 3.98. The van der Waals surface area contributed by atoms with Crippen LogP contribution >= 0.6 is 11.8 Å². The number of nitrogens with zero attached hydrogens (tertiary/aromatic N) is 2. The van der Waals surface area contributed by atoms with Crippen LogP contribution in [-0.4, -0.2) is 54.3 Å². The number of likely N-dealkylation sites (tertiary alicyclic amines) is 1. The number of pyridine rings is 1. The van der Waals surface area contributed by atoms with E-state index in [1.165, 1.54) is 11.8 Å². The number of thioether (sulfide) groups is 1. The zero-order valence-corrected chi connectivity index (χ0v) is 18.2. The van der Waals surface area contributed by atoms with Gasteiger partial charge in [-0.1, -0.05) is 0 Å². The fraction of sp³-hybridized carbons (Fsp3) is 0.409. The average molecular weight is 429 g/mol. The number of hydrogen-bond acceptors (Lipinski definition) is 5. The second-order valence-corrected chi connectivity index (χ2v) is 7.88. The van der Waals surface area contributed by atoms with E-state index in [0.29, 0.717) is 37.7 Å². The maximum Gasteiger partial charge on any atom is 0.319 e. The second kappa shape index (κ2) is 10.9. The number of piperidine rings is 1. The first-order valence-electron chi connectivity index (χ1n) is 10.2. The minimum absolute atomic E-state index is 0.0344. The van der Waals surface area contributed by atoms with Crippen LogP contribution in [-0.2, 0) is 0 Å². The van der Waals surface area contributed by atoms with Crippen molar-refractivity contribution in [3.8, 4) is 5.75 Å². The summed E-state index contributed by atoms with van der Waals surface area (Å²) in [7, 11) is 0. The maximum absolute atomic E-state index is 12.8. The molecule has 2 heterocycles. The van der Waals surface area contributed by atoms with Gasteiger partial charge >= 0.3 is 6.03 Å². The summed E-state index contributed by atoms with van der Waals surface area (Å²) in [5.74, 6) is 1.17. The lowest BCUT2D eigenvalue weighted by Gasteiger charge is -2.32. The van der Waals surface area contributed by atoms with Crippen molar-refractivity contribution in [2.75, 3.05) is 37.8 Å². The Morgan fingerprint density at radius 1 is 1.20 bits per heavy atom. The third-order valence-electron chi connectivity index (χ3n) is 5.07. The van der Waals surface area contributed by atoms with Crippen molar-refractivity contribution in [2.24, 2.45) is 5.92 Å². The zero-order valence-electron chi connectivity index (χ0n) is 17.4. The lowest BCUT2D eigenvalue weighted by atomic mass is 9.96. The molecule has 160 valence electrons. The van der Waals surface area contributed by atoms with E-state index in [-0.39, 0.29) is 11.9 Å². The lowest BCUT2D eigenvalue weighted by molar-refractivity contribution is 0.0686. The molecule has 0 saturated carbocycles. The number of carbonyl (C=O) groups excluding carboxylic acids is 2. The van der Waals surface area contributed by atoms with E-state index in [2.05, 4.69) is 15.6 Å².